The third-order valence-electron chi connectivity index (χ3n) is 2.03. The summed E-state index contributed by atoms with van der Waals surface area (Å²) >= 11 is 0. The molecular formula is C9H6FNO3. The first kappa shape index (κ1) is 8.68. The minimum Gasteiger partial charge on any atom is -0.372 e. The van der Waals surface area contributed by atoms with Crippen LogP contribution in [0.4, 0.5) is 4.39 Å². The lowest BCUT2D eigenvalue weighted by molar-refractivity contribution is 0.459. The van der Waals surface area contributed by atoms with E-state index < -0.39 is 17.2 Å². The molecule has 0 aliphatic heterocycles. The molecule has 14 heavy (non-hydrogen) atoms. The van der Waals surface area contributed by atoms with Gasteiger partial charge in [-0.15, -0.1) is 0 Å². The zero-order chi connectivity index (χ0) is 10.3. The van der Waals surface area contributed by atoms with Crippen LogP contribution < -0.4 is 11.4 Å². The zero-order valence-electron chi connectivity index (χ0n) is 7.26. The number of aromatic nitrogens is 1. The van der Waals surface area contributed by atoms with Gasteiger partial charge >= 0.3 is 11.4 Å². The molecule has 0 amide bonds. The van der Waals surface area contributed by atoms with Crippen molar-refractivity contribution in [3.8, 4) is 0 Å². The van der Waals surface area contributed by atoms with Crippen LogP contribution in [0.3, 0.4) is 0 Å². The number of benzene rings is 1. The van der Waals surface area contributed by atoms with E-state index >= 15 is 0 Å². The second-order valence-electron chi connectivity index (χ2n) is 2.90. The first-order chi connectivity index (χ1) is 6.59. The SMILES string of the molecule is Cc1c(F)ccc2[nH]c(=O)oc(=O)c12. The summed E-state index contributed by atoms with van der Waals surface area (Å²) in [5, 5.41) is 0.0737. The molecule has 2 aromatic rings. The van der Waals surface area contributed by atoms with Gasteiger partial charge in [-0.25, -0.2) is 14.0 Å². The molecule has 1 aromatic heterocycles. The fourth-order valence-corrected chi connectivity index (χ4v) is 1.32. The monoisotopic (exact) mass is 195 g/mol. The number of nitrogens with one attached hydrogen (secondary N) is 1. The van der Waals surface area contributed by atoms with Gasteiger partial charge in [-0.05, 0) is 19.1 Å². The molecule has 1 aromatic carbocycles. The van der Waals surface area contributed by atoms with Gasteiger partial charge in [-0.1, -0.05) is 0 Å². The predicted octanol–water partition coefficient (Wildman–Crippen LogP) is 0.929. The molecule has 0 atom stereocenters. The highest BCUT2D eigenvalue weighted by Crippen LogP contribution is 2.14. The van der Waals surface area contributed by atoms with E-state index in [-0.39, 0.29) is 16.5 Å². The second-order valence-corrected chi connectivity index (χ2v) is 2.90. The minimum absolute atomic E-state index is 0.0737. The van der Waals surface area contributed by atoms with Crippen LogP contribution in [0.2, 0.25) is 0 Å². The number of fused-ring (bicyclic) bond motifs is 1. The lowest BCUT2D eigenvalue weighted by atomic mass is 10.1. The van der Waals surface area contributed by atoms with Crippen molar-refractivity contribution in [1.29, 1.82) is 0 Å². The van der Waals surface area contributed by atoms with E-state index in [2.05, 4.69) is 9.40 Å². The molecule has 72 valence electrons. The number of H-pyrrole nitrogens is 1. The molecule has 5 heteroatoms. The minimum atomic E-state index is -0.839. The largest absolute Gasteiger partial charge is 0.419 e. The number of hydrogen-bond acceptors (Lipinski definition) is 3. The smallest absolute Gasteiger partial charge is 0.372 e. The van der Waals surface area contributed by atoms with E-state index in [0.717, 1.165) is 0 Å². The molecule has 0 bridgehead atoms. The van der Waals surface area contributed by atoms with Crippen molar-refractivity contribution < 1.29 is 8.81 Å². The van der Waals surface area contributed by atoms with Crippen molar-refractivity contribution in [3.63, 3.8) is 0 Å². The summed E-state index contributed by atoms with van der Waals surface area (Å²) in [6, 6.07) is 2.52. The van der Waals surface area contributed by atoms with Crippen LogP contribution in [0.5, 0.6) is 0 Å². The first-order valence-electron chi connectivity index (χ1n) is 3.92. The summed E-state index contributed by atoms with van der Waals surface area (Å²) in [5.74, 6) is -1.34. The third-order valence-corrected chi connectivity index (χ3v) is 2.03. The molecule has 0 saturated heterocycles. The van der Waals surface area contributed by atoms with Crippen LogP contribution in [-0.2, 0) is 0 Å². The average Bonchev–Trinajstić information content (AvgIpc) is 2.10. The summed E-state index contributed by atoms with van der Waals surface area (Å²) < 4.78 is 17.3. The molecule has 1 heterocycles. The van der Waals surface area contributed by atoms with Gasteiger partial charge in [0.2, 0.25) is 0 Å². The fraction of sp³-hybridized carbons (Fsp3) is 0.111. The summed E-state index contributed by atoms with van der Waals surface area (Å²) in [6.45, 7) is 1.45. The van der Waals surface area contributed by atoms with Crippen LogP contribution in [0, 0.1) is 12.7 Å². The molecule has 0 aliphatic rings. The van der Waals surface area contributed by atoms with E-state index in [1.54, 1.807) is 0 Å². The maximum Gasteiger partial charge on any atom is 0.419 e. The summed E-state index contributed by atoms with van der Waals surface area (Å²) in [5.41, 5.74) is -0.363. The highest BCUT2D eigenvalue weighted by molar-refractivity contribution is 5.80. The summed E-state index contributed by atoms with van der Waals surface area (Å²) in [7, 11) is 0. The number of aryl methyl sites for hydroxylation is 1. The van der Waals surface area contributed by atoms with Gasteiger partial charge in [0.25, 0.3) is 0 Å². The second kappa shape index (κ2) is 2.80. The Balaban J connectivity index is 3.11. The Labute approximate surface area is 77.0 Å². The van der Waals surface area contributed by atoms with Crippen molar-refractivity contribution in [2.24, 2.45) is 0 Å². The van der Waals surface area contributed by atoms with Gasteiger partial charge < -0.3 is 4.42 Å². The maximum atomic E-state index is 13.1. The van der Waals surface area contributed by atoms with E-state index in [9.17, 15) is 14.0 Å². The predicted molar refractivity (Wildman–Crippen MR) is 47.8 cm³/mol. The van der Waals surface area contributed by atoms with Gasteiger partial charge in [0.1, 0.15) is 5.82 Å². The van der Waals surface area contributed by atoms with E-state index in [1.165, 1.54) is 19.1 Å². The Kier molecular flexibility index (Phi) is 1.73. The number of halogens is 1. The first-order valence-corrected chi connectivity index (χ1v) is 3.92. The molecule has 0 aliphatic carbocycles. The molecule has 0 radical (unpaired) electrons. The number of rotatable bonds is 0. The Morgan fingerprint density at radius 1 is 1.36 bits per heavy atom. The molecule has 4 nitrogen and oxygen atoms in total. The summed E-state index contributed by atoms with van der Waals surface area (Å²) in [4.78, 5) is 24.3. The van der Waals surface area contributed by atoms with Crippen molar-refractivity contribution in [1.82, 2.24) is 4.98 Å². The quantitative estimate of drug-likeness (QED) is 0.680. The molecule has 1 N–H and O–H groups in total. The van der Waals surface area contributed by atoms with Crippen LogP contribution in [0.25, 0.3) is 10.9 Å². The van der Waals surface area contributed by atoms with Gasteiger partial charge in [-0.3, -0.25) is 4.98 Å². The zero-order valence-corrected chi connectivity index (χ0v) is 7.26. The topological polar surface area (TPSA) is 63.1 Å². The molecule has 0 unspecified atom stereocenters. The lowest BCUT2D eigenvalue weighted by Gasteiger charge is -1.99. The standard InChI is InChI=1S/C9H6FNO3/c1-4-5(10)2-3-6-7(4)8(12)14-9(13)11-6/h2-3H,1H3,(H,11,13). The van der Waals surface area contributed by atoms with Crippen molar-refractivity contribution in [2.75, 3.05) is 0 Å². The van der Waals surface area contributed by atoms with Gasteiger partial charge in [0.15, 0.2) is 0 Å². The third kappa shape index (κ3) is 1.14. The fourth-order valence-electron chi connectivity index (χ4n) is 1.32. The van der Waals surface area contributed by atoms with Gasteiger partial charge in [0.05, 0.1) is 10.9 Å². The van der Waals surface area contributed by atoms with E-state index in [4.69, 9.17) is 0 Å². The Hall–Kier alpha value is -1.91. The van der Waals surface area contributed by atoms with Crippen LogP contribution >= 0.6 is 0 Å². The molecular weight excluding hydrogens is 189 g/mol. The van der Waals surface area contributed by atoms with Gasteiger partial charge in [0, 0.05) is 5.56 Å². The summed E-state index contributed by atoms with van der Waals surface area (Å²) in [6.07, 6.45) is 0. The highest BCUT2D eigenvalue weighted by atomic mass is 19.1. The maximum absolute atomic E-state index is 13.1. The Morgan fingerprint density at radius 3 is 2.79 bits per heavy atom. The molecule has 0 spiro atoms. The van der Waals surface area contributed by atoms with E-state index in [0.29, 0.717) is 0 Å². The molecule has 2 rings (SSSR count). The number of hydrogen-bond donors (Lipinski definition) is 1. The van der Waals surface area contributed by atoms with Crippen LogP contribution in [-0.4, -0.2) is 4.98 Å². The van der Waals surface area contributed by atoms with Crippen molar-refractivity contribution in [2.45, 2.75) is 6.92 Å². The average molecular weight is 195 g/mol. The highest BCUT2D eigenvalue weighted by Gasteiger charge is 2.08. The van der Waals surface area contributed by atoms with Crippen molar-refractivity contribution >= 4 is 10.9 Å². The van der Waals surface area contributed by atoms with Crippen LogP contribution in [0.1, 0.15) is 5.56 Å². The Morgan fingerprint density at radius 2 is 2.07 bits per heavy atom. The van der Waals surface area contributed by atoms with Gasteiger partial charge in [-0.2, -0.15) is 0 Å². The normalized spacial score (nSPS) is 10.7. The van der Waals surface area contributed by atoms with Crippen molar-refractivity contribution in [3.05, 3.63) is 44.5 Å². The van der Waals surface area contributed by atoms with E-state index in [1.807, 2.05) is 0 Å². The lowest BCUT2D eigenvalue weighted by Crippen LogP contribution is -2.15. The van der Waals surface area contributed by atoms with Crippen LogP contribution in [0.15, 0.2) is 26.1 Å². The molecule has 0 saturated carbocycles. The number of aromatic amines is 1. The molecule has 0 fully saturated rings. The Bertz CT molecular complexity index is 611.